The van der Waals surface area contributed by atoms with E-state index in [0.717, 1.165) is 12.8 Å². The summed E-state index contributed by atoms with van der Waals surface area (Å²) in [5.41, 5.74) is 7.18. The fourth-order valence-electron chi connectivity index (χ4n) is 2.90. The Balaban J connectivity index is 2.56. The first-order valence-corrected chi connectivity index (χ1v) is 8.74. The van der Waals surface area contributed by atoms with Crippen LogP contribution in [0.25, 0.3) is 0 Å². The Labute approximate surface area is 159 Å². The van der Waals surface area contributed by atoms with E-state index in [-0.39, 0.29) is 22.7 Å². The smallest absolute Gasteiger partial charge is 0.203 e. The predicted molar refractivity (Wildman–Crippen MR) is 104 cm³/mol. The van der Waals surface area contributed by atoms with Crippen molar-refractivity contribution < 1.29 is 23.8 Å². The first kappa shape index (κ1) is 20.3. The van der Waals surface area contributed by atoms with Crippen molar-refractivity contribution in [1.29, 1.82) is 0 Å². The van der Waals surface area contributed by atoms with Crippen LogP contribution < -0.4 is 19.9 Å². The second-order valence-corrected chi connectivity index (χ2v) is 6.04. The van der Waals surface area contributed by atoms with Crippen molar-refractivity contribution in [3.05, 3.63) is 47.0 Å². The fourth-order valence-corrected chi connectivity index (χ4v) is 2.90. The van der Waals surface area contributed by atoms with Gasteiger partial charge in [-0.05, 0) is 24.6 Å². The van der Waals surface area contributed by atoms with Crippen molar-refractivity contribution in [3.8, 4) is 17.2 Å². The Hall–Kier alpha value is -3.02. The second-order valence-electron chi connectivity index (χ2n) is 6.04. The van der Waals surface area contributed by atoms with Crippen molar-refractivity contribution in [1.82, 2.24) is 0 Å². The molecule has 0 unspecified atom stereocenters. The molecule has 0 atom stereocenters. The molecule has 0 heterocycles. The van der Waals surface area contributed by atoms with Crippen molar-refractivity contribution in [2.45, 2.75) is 26.2 Å². The van der Waals surface area contributed by atoms with Crippen LogP contribution in [-0.4, -0.2) is 32.9 Å². The highest BCUT2D eigenvalue weighted by Crippen LogP contribution is 2.39. The van der Waals surface area contributed by atoms with Gasteiger partial charge in [-0.25, -0.2) is 0 Å². The fraction of sp³-hybridized carbons (Fsp3) is 0.333. The Morgan fingerprint density at radius 3 is 2.15 bits per heavy atom. The molecule has 0 aromatic heterocycles. The van der Waals surface area contributed by atoms with E-state index in [0.29, 0.717) is 34.9 Å². The number of ketones is 2. The number of nitrogens with two attached hydrogens (primary N) is 1. The lowest BCUT2D eigenvalue weighted by molar-refractivity contribution is 0.0965. The maximum atomic E-state index is 13.2. The monoisotopic (exact) mass is 371 g/mol. The zero-order chi connectivity index (χ0) is 20.0. The minimum absolute atomic E-state index is 0.134. The third-order valence-corrected chi connectivity index (χ3v) is 4.30. The molecule has 0 aliphatic heterocycles. The first-order valence-electron chi connectivity index (χ1n) is 8.74. The van der Waals surface area contributed by atoms with Gasteiger partial charge in [0.2, 0.25) is 5.75 Å². The Morgan fingerprint density at radius 1 is 1.00 bits per heavy atom. The topological polar surface area (TPSA) is 87.9 Å². The van der Waals surface area contributed by atoms with Crippen molar-refractivity contribution in [2.24, 2.45) is 0 Å². The minimum atomic E-state index is -0.332. The number of Topliss-reactive ketones (excluding diaryl/α,β-unsaturated/α-hetero) is 1. The van der Waals surface area contributed by atoms with Crippen LogP contribution in [0.2, 0.25) is 0 Å². The number of rotatable bonds is 9. The first-order chi connectivity index (χ1) is 13.0. The van der Waals surface area contributed by atoms with Crippen LogP contribution in [0.5, 0.6) is 17.2 Å². The van der Waals surface area contributed by atoms with Gasteiger partial charge in [-0.3, -0.25) is 9.59 Å². The van der Waals surface area contributed by atoms with E-state index < -0.39 is 0 Å². The molecule has 0 amide bonds. The summed E-state index contributed by atoms with van der Waals surface area (Å²) in [5.74, 6) is 0.654. The van der Waals surface area contributed by atoms with Gasteiger partial charge in [-0.15, -0.1) is 0 Å². The lowest BCUT2D eigenvalue weighted by Gasteiger charge is -2.15. The van der Waals surface area contributed by atoms with E-state index in [1.807, 2.05) is 6.92 Å². The number of benzene rings is 2. The van der Waals surface area contributed by atoms with E-state index >= 15 is 0 Å². The molecule has 0 bridgehead atoms. The van der Waals surface area contributed by atoms with E-state index in [9.17, 15) is 9.59 Å². The van der Waals surface area contributed by atoms with Crippen LogP contribution in [0.15, 0.2) is 30.3 Å². The van der Waals surface area contributed by atoms with Gasteiger partial charge in [-0.1, -0.05) is 25.5 Å². The van der Waals surface area contributed by atoms with E-state index in [2.05, 4.69) is 0 Å². The largest absolute Gasteiger partial charge is 0.493 e. The number of hydrogen-bond acceptors (Lipinski definition) is 6. The molecule has 0 saturated carbocycles. The van der Waals surface area contributed by atoms with E-state index in [1.165, 1.54) is 21.3 Å². The zero-order valence-corrected chi connectivity index (χ0v) is 16.1. The van der Waals surface area contributed by atoms with Crippen LogP contribution in [0.3, 0.4) is 0 Å². The summed E-state index contributed by atoms with van der Waals surface area (Å²) in [4.78, 5) is 25.8. The molecular formula is C21H25NO5. The van der Waals surface area contributed by atoms with Gasteiger partial charge in [0.1, 0.15) is 0 Å². The lowest BCUT2D eigenvalue weighted by Crippen LogP contribution is -2.13. The number of carbonyl (C=O) groups is 2. The van der Waals surface area contributed by atoms with E-state index in [1.54, 1.807) is 30.3 Å². The number of unbranched alkanes of at least 4 members (excludes halogenated alkanes) is 1. The van der Waals surface area contributed by atoms with Gasteiger partial charge in [0.05, 0.1) is 26.9 Å². The van der Waals surface area contributed by atoms with Crippen LogP contribution in [0, 0.1) is 0 Å². The number of anilines is 1. The molecule has 0 aliphatic carbocycles. The molecule has 6 heteroatoms. The normalized spacial score (nSPS) is 10.4. The molecule has 0 radical (unpaired) electrons. The third-order valence-electron chi connectivity index (χ3n) is 4.30. The summed E-state index contributed by atoms with van der Waals surface area (Å²) in [7, 11) is 4.45. The Kier molecular flexibility index (Phi) is 6.82. The molecule has 0 aliphatic rings. The zero-order valence-electron chi connectivity index (χ0n) is 16.1. The highest BCUT2D eigenvalue weighted by atomic mass is 16.5. The van der Waals surface area contributed by atoms with Crippen molar-refractivity contribution in [3.63, 3.8) is 0 Å². The summed E-state index contributed by atoms with van der Waals surface area (Å²) in [6.07, 6.45) is 1.97. The molecule has 2 aromatic carbocycles. The third kappa shape index (κ3) is 4.22. The number of nitrogen functional groups attached to an aromatic ring is 1. The standard InChI is InChI=1S/C21H25NO5/c1-5-6-10-16(23)19-14(8-7-9-15(19)22)20(24)13-11-17(25-2)21(27-4)18(12-13)26-3/h7-9,11-12H,5-6,10,22H2,1-4H3. The van der Waals surface area contributed by atoms with Gasteiger partial charge in [0.25, 0.3) is 0 Å². The maximum Gasteiger partial charge on any atom is 0.203 e. The molecular weight excluding hydrogens is 346 g/mol. The highest BCUT2D eigenvalue weighted by molar-refractivity contribution is 6.18. The molecule has 2 aromatic rings. The average molecular weight is 371 g/mol. The van der Waals surface area contributed by atoms with Crippen LogP contribution in [0.4, 0.5) is 5.69 Å². The number of methoxy groups -OCH3 is 3. The molecule has 144 valence electrons. The van der Waals surface area contributed by atoms with Crippen molar-refractivity contribution >= 4 is 17.3 Å². The molecule has 0 saturated heterocycles. The Morgan fingerprint density at radius 2 is 1.63 bits per heavy atom. The molecule has 0 spiro atoms. The average Bonchev–Trinajstić information content (AvgIpc) is 2.69. The number of carbonyl (C=O) groups excluding carboxylic acids is 2. The van der Waals surface area contributed by atoms with Gasteiger partial charge in [-0.2, -0.15) is 0 Å². The quantitative estimate of drug-likeness (QED) is 0.531. The highest BCUT2D eigenvalue weighted by Gasteiger charge is 2.23. The SMILES string of the molecule is CCCCC(=O)c1c(N)cccc1C(=O)c1cc(OC)c(OC)c(OC)c1. The summed E-state index contributed by atoms with van der Waals surface area (Å²) in [6.45, 7) is 2.00. The van der Waals surface area contributed by atoms with Gasteiger partial charge in [0, 0.05) is 23.2 Å². The predicted octanol–water partition coefficient (Wildman–Crippen LogP) is 3.90. The lowest BCUT2D eigenvalue weighted by atomic mass is 9.92. The molecule has 6 nitrogen and oxygen atoms in total. The molecule has 2 rings (SSSR count). The summed E-state index contributed by atoms with van der Waals surface area (Å²) in [6, 6.07) is 8.03. The van der Waals surface area contributed by atoms with Crippen molar-refractivity contribution in [2.75, 3.05) is 27.1 Å². The Bertz CT molecular complexity index is 819. The molecule has 2 N–H and O–H groups in total. The maximum absolute atomic E-state index is 13.2. The minimum Gasteiger partial charge on any atom is -0.493 e. The second kappa shape index (κ2) is 9.07. The van der Waals surface area contributed by atoms with Crippen LogP contribution >= 0.6 is 0 Å². The van der Waals surface area contributed by atoms with Gasteiger partial charge in [0.15, 0.2) is 23.1 Å². The molecule has 0 fully saturated rings. The summed E-state index contributed by atoms with van der Waals surface area (Å²) < 4.78 is 15.9. The van der Waals surface area contributed by atoms with Crippen LogP contribution in [0.1, 0.15) is 52.5 Å². The van der Waals surface area contributed by atoms with Gasteiger partial charge < -0.3 is 19.9 Å². The summed E-state index contributed by atoms with van der Waals surface area (Å²) in [5, 5.41) is 0. The number of ether oxygens (including phenoxy) is 3. The van der Waals surface area contributed by atoms with E-state index in [4.69, 9.17) is 19.9 Å². The number of hydrogen-bond donors (Lipinski definition) is 1. The van der Waals surface area contributed by atoms with Crippen LogP contribution in [-0.2, 0) is 0 Å². The van der Waals surface area contributed by atoms with Gasteiger partial charge >= 0.3 is 0 Å². The summed E-state index contributed by atoms with van der Waals surface area (Å²) >= 11 is 0. The molecule has 27 heavy (non-hydrogen) atoms.